The summed E-state index contributed by atoms with van der Waals surface area (Å²) in [6, 6.07) is 17.1. The second-order valence-electron chi connectivity index (χ2n) is 16.5. The molecule has 3 aromatic carbocycles. The highest BCUT2D eigenvalue weighted by Crippen LogP contribution is 2.36. The molecule has 12 nitrogen and oxygen atoms in total. The van der Waals surface area contributed by atoms with Gasteiger partial charge in [-0.2, -0.15) is 0 Å². The van der Waals surface area contributed by atoms with Gasteiger partial charge in [0.05, 0.1) is 17.7 Å². The van der Waals surface area contributed by atoms with Gasteiger partial charge in [0, 0.05) is 79.2 Å². The number of fused-ring (bicyclic) bond motifs is 2. The number of amides is 5. The Labute approximate surface area is 338 Å². The van der Waals surface area contributed by atoms with E-state index in [0.29, 0.717) is 52.4 Å². The van der Waals surface area contributed by atoms with Gasteiger partial charge in [0.25, 0.3) is 17.7 Å². The van der Waals surface area contributed by atoms with E-state index in [0.717, 1.165) is 85.6 Å². The maximum atomic E-state index is 13.3. The molecule has 5 aliphatic rings. The van der Waals surface area contributed by atoms with Gasteiger partial charge in [-0.25, -0.2) is 4.85 Å². The smallest absolute Gasteiger partial charge is 0.262 e. The number of carbonyl (C=O) groups excluding carboxylic acids is 5. The molecule has 3 aromatic rings. The first-order chi connectivity index (χ1) is 27.5. The molecule has 57 heavy (non-hydrogen) atoms. The summed E-state index contributed by atoms with van der Waals surface area (Å²) in [6.07, 6.45) is 6.05. The average Bonchev–Trinajstić information content (AvgIpc) is 3.70. The molecule has 0 aromatic heterocycles. The fourth-order valence-corrected chi connectivity index (χ4v) is 9.79. The predicted molar refractivity (Wildman–Crippen MR) is 217 cm³/mol. The van der Waals surface area contributed by atoms with Gasteiger partial charge in [-0.1, -0.05) is 17.7 Å². The van der Waals surface area contributed by atoms with Crippen molar-refractivity contribution in [1.82, 2.24) is 20.4 Å². The van der Waals surface area contributed by atoms with Crippen molar-refractivity contribution >= 4 is 58.2 Å². The van der Waals surface area contributed by atoms with E-state index in [4.69, 9.17) is 18.2 Å². The second kappa shape index (κ2) is 15.9. The molecule has 4 heterocycles. The molecule has 8 rings (SSSR count). The minimum absolute atomic E-state index is 0.0388. The van der Waals surface area contributed by atoms with Crippen LogP contribution in [0.15, 0.2) is 54.6 Å². The molecular formula is C44H48ClN7O5. The number of piperidine rings is 2. The molecule has 1 aliphatic carbocycles. The molecule has 0 spiro atoms. The number of imide groups is 2. The Kier molecular flexibility index (Phi) is 10.8. The van der Waals surface area contributed by atoms with Crippen molar-refractivity contribution in [3.05, 3.63) is 98.9 Å². The molecular weight excluding hydrogens is 742 g/mol. The standard InChI is InChI=1S/C44H48ClN7O5/c1-26(2)51(34-12-13-38(46-3)37(45)22-34)33-10-6-31(7-11-33)47-41(54)28-4-8-32(9-5-28)50-18-16-27(17-19-50)23-49-24-29-20-35-36(21-30(29)25-49)44(57)52(43(35)56)39-14-15-40(53)48-42(39)55/h4-5,8-9,12-13,20-22,26-27,31,33,39H,6-7,10-11,14-19,23-25H2,1-2H3,(H,47,54)(H,48,53,55). The lowest BCUT2D eigenvalue weighted by atomic mass is 9.89. The van der Waals surface area contributed by atoms with E-state index in [1.165, 1.54) is 0 Å². The Bertz CT molecular complexity index is 2110. The van der Waals surface area contributed by atoms with Crippen molar-refractivity contribution in [2.45, 2.75) is 102 Å². The van der Waals surface area contributed by atoms with Crippen molar-refractivity contribution in [3.8, 4) is 0 Å². The highest BCUT2D eigenvalue weighted by Gasteiger charge is 2.45. The molecule has 296 valence electrons. The summed E-state index contributed by atoms with van der Waals surface area (Å²) in [4.78, 5) is 75.7. The van der Waals surface area contributed by atoms with Gasteiger partial charge in [0.1, 0.15) is 6.04 Å². The Balaban J connectivity index is 0.791. The zero-order valence-electron chi connectivity index (χ0n) is 32.4. The first-order valence-corrected chi connectivity index (χ1v) is 20.6. The largest absolute Gasteiger partial charge is 0.372 e. The average molecular weight is 790 g/mol. The van der Waals surface area contributed by atoms with E-state index in [-0.39, 0.29) is 36.7 Å². The van der Waals surface area contributed by atoms with Crippen molar-refractivity contribution < 1.29 is 24.0 Å². The van der Waals surface area contributed by atoms with Gasteiger partial charge < -0.3 is 15.1 Å². The molecule has 4 aliphatic heterocycles. The lowest BCUT2D eigenvalue weighted by Gasteiger charge is -2.41. The summed E-state index contributed by atoms with van der Waals surface area (Å²) in [5, 5.41) is 6.01. The summed E-state index contributed by atoms with van der Waals surface area (Å²) < 4.78 is 0. The Morgan fingerprint density at radius 1 is 0.895 bits per heavy atom. The fraction of sp³-hybridized carbons (Fsp3) is 0.455. The van der Waals surface area contributed by atoms with Crippen LogP contribution in [0.25, 0.3) is 4.85 Å². The van der Waals surface area contributed by atoms with Crippen LogP contribution in [-0.4, -0.2) is 83.1 Å². The van der Waals surface area contributed by atoms with E-state index in [1.54, 1.807) is 6.07 Å². The maximum absolute atomic E-state index is 13.3. The zero-order chi connectivity index (χ0) is 40.0. The predicted octanol–water partition coefficient (Wildman–Crippen LogP) is 6.48. The zero-order valence-corrected chi connectivity index (χ0v) is 33.2. The van der Waals surface area contributed by atoms with E-state index in [9.17, 15) is 24.0 Å². The minimum Gasteiger partial charge on any atom is -0.372 e. The van der Waals surface area contributed by atoms with Gasteiger partial charge in [0.15, 0.2) is 0 Å². The van der Waals surface area contributed by atoms with Crippen LogP contribution in [0, 0.1) is 12.5 Å². The van der Waals surface area contributed by atoms with E-state index >= 15 is 0 Å². The van der Waals surface area contributed by atoms with Crippen molar-refractivity contribution in [3.63, 3.8) is 0 Å². The summed E-state index contributed by atoms with van der Waals surface area (Å²) in [6.45, 7) is 15.9. The molecule has 1 atom stereocenters. The fourth-order valence-electron chi connectivity index (χ4n) is 9.57. The molecule has 2 saturated heterocycles. The maximum Gasteiger partial charge on any atom is 0.262 e. The van der Waals surface area contributed by atoms with Gasteiger partial charge >= 0.3 is 0 Å². The first kappa shape index (κ1) is 38.6. The third-order valence-corrected chi connectivity index (χ3v) is 12.8. The number of hydrogen-bond acceptors (Lipinski definition) is 8. The van der Waals surface area contributed by atoms with Crippen molar-refractivity contribution in [2.24, 2.45) is 5.92 Å². The number of rotatable bonds is 9. The van der Waals surface area contributed by atoms with Gasteiger partial charge in [-0.3, -0.25) is 39.1 Å². The summed E-state index contributed by atoms with van der Waals surface area (Å²) in [7, 11) is 0. The number of carbonyl (C=O) groups is 5. The number of hydrogen-bond donors (Lipinski definition) is 2. The summed E-state index contributed by atoms with van der Waals surface area (Å²) in [5.41, 5.74) is 6.04. The SMILES string of the molecule is [C-]#[N+]c1ccc(N(C(C)C)C2CCC(NC(=O)c3ccc(N4CCC(CN5Cc6cc7c(cc6C5)C(=O)N(C5CCC(=O)NC5=O)C7=O)CC4)cc3)CC2)cc1Cl. The van der Waals surface area contributed by atoms with Crippen LogP contribution < -0.4 is 20.4 Å². The number of nitrogens with one attached hydrogen (secondary N) is 2. The van der Waals surface area contributed by atoms with Crippen molar-refractivity contribution in [2.75, 3.05) is 29.4 Å². The molecule has 1 saturated carbocycles. The molecule has 0 bridgehead atoms. The van der Waals surface area contributed by atoms with Gasteiger partial charge in [-0.05, 0) is 124 Å². The third-order valence-electron chi connectivity index (χ3n) is 12.5. The van der Waals surface area contributed by atoms with Gasteiger partial charge in [0.2, 0.25) is 17.5 Å². The molecule has 5 amide bonds. The highest BCUT2D eigenvalue weighted by atomic mass is 35.5. The molecule has 0 radical (unpaired) electrons. The van der Waals surface area contributed by atoms with Crippen LogP contribution >= 0.6 is 11.6 Å². The van der Waals surface area contributed by atoms with Crippen LogP contribution in [0.5, 0.6) is 0 Å². The Morgan fingerprint density at radius 2 is 1.54 bits per heavy atom. The molecule has 13 heteroatoms. The number of nitrogens with zero attached hydrogens (tertiary/aromatic N) is 5. The van der Waals surface area contributed by atoms with E-state index in [2.05, 4.69) is 56.2 Å². The summed E-state index contributed by atoms with van der Waals surface area (Å²) in [5.74, 6) is -1.44. The van der Waals surface area contributed by atoms with Crippen LogP contribution in [0.3, 0.4) is 0 Å². The van der Waals surface area contributed by atoms with Crippen LogP contribution in [0.2, 0.25) is 5.02 Å². The summed E-state index contributed by atoms with van der Waals surface area (Å²) >= 11 is 6.38. The quantitative estimate of drug-likeness (QED) is 0.187. The second-order valence-corrected chi connectivity index (χ2v) is 16.9. The minimum atomic E-state index is -0.960. The van der Waals surface area contributed by atoms with Crippen LogP contribution in [-0.2, 0) is 22.7 Å². The number of halogens is 1. The highest BCUT2D eigenvalue weighted by molar-refractivity contribution is 6.33. The van der Waals surface area contributed by atoms with Crippen LogP contribution in [0.1, 0.15) is 107 Å². The third kappa shape index (κ3) is 7.75. The Morgan fingerprint density at radius 3 is 2.12 bits per heavy atom. The first-order valence-electron chi connectivity index (χ1n) is 20.2. The van der Waals surface area contributed by atoms with E-state index in [1.807, 2.05) is 36.4 Å². The topological polar surface area (TPSA) is 127 Å². The van der Waals surface area contributed by atoms with Gasteiger partial charge in [-0.15, -0.1) is 0 Å². The van der Waals surface area contributed by atoms with Crippen LogP contribution in [0.4, 0.5) is 17.1 Å². The normalized spacial score (nSPS) is 22.7. The number of benzene rings is 3. The monoisotopic (exact) mass is 789 g/mol. The molecule has 1 unspecified atom stereocenters. The molecule has 3 fully saturated rings. The number of anilines is 2. The Hall–Kier alpha value is -5.25. The van der Waals surface area contributed by atoms with Crippen molar-refractivity contribution in [1.29, 1.82) is 0 Å². The van der Waals surface area contributed by atoms with E-state index < -0.39 is 23.8 Å². The molecule has 2 N–H and O–H groups in total. The lowest BCUT2D eigenvalue weighted by molar-refractivity contribution is -0.136. The lowest BCUT2D eigenvalue weighted by Crippen LogP contribution is -2.54.